The average molecular weight is 214 g/mol. The summed E-state index contributed by atoms with van der Waals surface area (Å²) in [4.78, 5) is 0. The molecule has 0 spiro atoms. The monoisotopic (exact) mass is 214 g/mol. The Hall–Kier alpha value is -0.120. The maximum atomic E-state index is 5.69. The van der Waals surface area contributed by atoms with Crippen LogP contribution >= 0.6 is 0 Å². The van der Waals surface area contributed by atoms with Crippen molar-refractivity contribution in [1.29, 1.82) is 0 Å². The van der Waals surface area contributed by atoms with Gasteiger partial charge >= 0.3 is 0 Å². The Morgan fingerprint density at radius 3 is 2.13 bits per heavy atom. The number of nitrogens with one attached hydrogen (secondary N) is 1. The van der Waals surface area contributed by atoms with Gasteiger partial charge in [-0.1, -0.05) is 25.7 Å². The van der Waals surface area contributed by atoms with Gasteiger partial charge in [-0.05, 0) is 32.6 Å². The summed E-state index contributed by atoms with van der Waals surface area (Å²) in [5, 5.41) is 0. The molecule has 1 aliphatic carbocycles. The fraction of sp³-hybridized carbons (Fsp3) is 1.00. The molecule has 3 heteroatoms. The highest BCUT2D eigenvalue weighted by molar-refractivity contribution is 4.90. The molecule has 0 aromatic carbocycles. The van der Waals surface area contributed by atoms with E-state index in [2.05, 4.69) is 19.3 Å². The third kappa shape index (κ3) is 3.44. The molecule has 0 saturated heterocycles. The highest BCUT2D eigenvalue weighted by atomic mass is 16.5. The summed E-state index contributed by atoms with van der Waals surface area (Å²) in [5.74, 6) is 6.35. The molecule has 1 aliphatic rings. The summed E-state index contributed by atoms with van der Waals surface area (Å²) in [6.45, 7) is 4.23. The summed E-state index contributed by atoms with van der Waals surface area (Å²) in [5.41, 5.74) is 2.79. The van der Waals surface area contributed by atoms with Crippen molar-refractivity contribution >= 4 is 0 Å². The molecule has 0 aromatic rings. The van der Waals surface area contributed by atoms with Gasteiger partial charge in [-0.3, -0.25) is 11.3 Å². The van der Waals surface area contributed by atoms with Crippen LogP contribution in [0.25, 0.3) is 0 Å². The van der Waals surface area contributed by atoms with E-state index in [1.165, 1.54) is 38.5 Å². The lowest BCUT2D eigenvalue weighted by molar-refractivity contribution is -0.0300. The van der Waals surface area contributed by atoms with E-state index >= 15 is 0 Å². The lowest BCUT2D eigenvalue weighted by Gasteiger charge is -2.38. The van der Waals surface area contributed by atoms with E-state index in [-0.39, 0.29) is 11.6 Å². The minimum absolute atomic E-state index is 0.177. The fourth-order valence-corrected chi connectivity index (χ4v) is 2.68. The predicted octanol–water partition coefficient (Wildman–Crippen LogP) is 2.21. The molecule has 15 heavy (non-hydrogen) atoms. The number of hydrogen-bond acceptors (Lipinski definition) is 3. The molecule has 0 radical (unpaired) electrons. The fourth-order valence-electron chi connectivity index (χ4n) is 2.68. The highest BCUT2D eigenvalue weighted by Crippen LogP contribution is 2.31. The molecule has 90 valence electrons. The van der Waals surface area contributed by atoms with Crippen LogP contribution in [-0.4, -0.2) is 18.8 Å². The summed E-state index contributed by atoms with van der Waals surface area (Å²) >= 11 is 0. The topological polar surface area (TPSA) is 47.3 Å². The van der Waals surface area contributed by atoms with E-state index < -0.39 is 0 Å². The van der Waals surface area contributed by atoms with Crippen molar-refractivity contribution in [3.8, 4) is 0 Å². The van der Waals surface area contributed by atoms with E-state index in [0.717, 1.165) is 0 Å². The molecule has 0 aromatic heterocycles. The SMILES string of the molecule is COC(C)(C)C(NN)C1CCCCCC1. The van der Waals surface area contributed by atoms with Crippen LogP contribution < -0.4 is 11.3 Å². The molecule has 3 N–H and O–H groups in total. The van der Waals surface area contributed by atoms with Crippen molar-refractivity contribution in [2.24, 2.45) is 11.8 Å². The van der Waals surface area contributed by atoms with E-state index in [1.54, 1.807) is 7.11 Å². The molecule has 1 unspecified atom stereocenters. The quantitative estimate of drug-likeness (QED) is 0.428. The maximum absolute atomic E-state index is 5.69. The molecule has 0 aliphatic heterocycles. The zero-order valence-corrected chi connectivity index (χ0v) is 10.4. The second-order valence-corrected chi connectivity index (χ2v) is 5.20. The van der Waals surface area contributed by atoms with Gasteiger partial charge in [-0.15, -0.1) is 0 Å². The van der Waals surface area contributed by atoms with Gasteiger partial charge in [0.1, 0.15) is 0 Å². The van der Waals surface area contributed by atoms with E-state index in [4.69, 9.17) is 10.6 Å². The lowest BCUT2D eigenvalue weighted by atomic mass is 9.83. The Kier molecular flexibility index (Phi) is 5.03. The van der Waals surface area contributed by atoms with Gasteiger partial charge < -0.3 is 4.74 Å². The minimum Gasteiger partial charge on any atom is -0.377 e. The van der Waals surface area contributed by atoms with Crippen LogP contribution in [0.5, 0.6) is 0 Å². The van der Waals surface area contributed by atoms with E-state index in [1.807, 2.05) is 0 Å². The van der Waals surface area contributed by atoms with E-state index in [0.29, 0.717) is 5.92 Å². The maximum Gasteiger partial charge on any atom is 0.0791 e. The molecule has 1 rings (SSSR count). The van der Waals surface area contributed by atoms with Crippen LogP contribution in [-0.2, 0) is 4.74 Å². The third-order valence-corrected chi connectivity index (χ3v) is 3.83. The van der Waals surface area contributed by atoms with Gasteiger partial charge in [0.15, 0.2) is 0 Å². The highest BCUT2D eigenvalue weighted by Gasteiger charge is 2.34. The Morgan fingerprint density at radius 1 is 1.20 bits per heavy atom. The number of hydrazine groups is 1. The van der Waals surface area contributed by atoms with Crippen molar-refractivity contribution in [2.45, 2.75) is 64.0 Å². The lowest BCUT2D eigenvalue weighted by Crippen LogP contribution is -2.55. The van der Waals surface area contributed by atoms with Gasteiger partial charge in [-0.25, -0.2) is 0 Å². The first kappa shape index (κ1) is 12.9. The molecule has 1 fully saturated rings. The number of methoxy groups -OCH3 is 1. The largest absolute Gasteiger partial charge is 0.377 e. The second-order valence-electron chi connectivity index (χ2n) is 5.20. The van der Waals surface area contributed by atoms with Crippen LogP contribution in [0, 0.1) is 5.92 Å². The van der Waals surface area contributed by atoms with E-state index in [9.17, 15) is 0 Å². The van der Waals surface area contributed by atoms with Gasteiger partial charge in [-0.2, -0.15) is 0 Å². The Morgan fingerprint density at radius 2 is 1.73 bits per heavy atom. The molecule has 0 bridgehead atoms. The number of hydrogen-bond donors (Lipinski definition) is 2. The molecule has 1 atom stereocenters. The zero-order chi connectivity index (χ0) is 11.3. The van der Waals surface area contributed by atoms with Crippen LogP contribution in [0.3, 0.4) is 0 Å². The normalized spacial score (nSPS) is 22.4. The van der Waals surface area contributed by atoms with Crippen LogP contribution in [0.1, 0.15) is 52.4 Å². The van der Waals surface area contributed by atoms with Crippen molar-refractivity contribution in [3.05, 3.63) is 0 Å². The minimum atomic E-state index is -0.177. The molecule has 0 heterocycles. The van der Waals surface area contributed by atoms with Gasteiger partial charge in [0, 0.05) is 7.11 Å². The Balaban J connectivity index is 2.63. The van der Waals surface area contributed by atoms with Crippen molar-refractivity contribution in [2.75, 3.05) is 7.11 Å². The molecular formula is C12H26N2O. The standard InChI is InChI=1S/C12H26N2O/c1-12(2,15-3)11(14-13)10-8-6-4-5-7-9-10/h10-11,14H,4-9,13H2,1-3H3. The first-order chi connectivity index (χ1) is 7.11. The molecule has 1 saturated carbocycles. The predicted molar refractivity (Wildman–Crippen MR) is 63.4 cm³/mol. The summed E-state index contributed by atoms with van der Waals surface area (Å²) in [6, 6.07) is 0.264. The van der Waals surface area contributed by atoms with Crippen LogP contribution in [0.15, 0.2) is 0 Å². The first-order valence-electron chi connectivity index (χ1n) is 6.13. The van der Waals surface area contributed by atoms with Crippen LogP contribution in [0.2, 0.25) is 0 Å². The van der Waals surface area contributed by atoms with Crippen LogP contribution in [0.4, 0.5) is 0 Å². The summed E-state index contributed by atoms with van der Waals surface area (Å²) < 4.78 is 5.54. The second kappa shape index (κ2) is 5.83. The first-order valence-corrected chi connectivity index (χ1v) is 6.13. The zero-order valence-electron chi connectivity index (χ0n) is 10.4. The molecule has 0 amide bonds. The van der Waals surface area contributed by atoms with Gasteiger partial charge in [0.2, 0.25) is 0 Å². The Labute approximate surface area is 93.7 Å². The summed E-state index contributed by atoms with van der Waals surface area (Å²) in [7, 11) is 1.76. The number of nitrogens with two attached hydrogens (primary N) is 1. The smallest absolute Gasteiger partial charge is 0.0791 e. The van der Waals surface area contributed by atoms with Crippen molar-refractivity contribution < 1.29 is 4.74 Å². The molecular weight excluding hydrogens is 188 g/mol. The van der Waals surface area contributed by atoms with Gasteiger partial charge in [0.05, 0.1) is 11.6 Å². The van der Waals surface area contributed by atoms with Crippen molar-refractivity contribution in [3.63, 3.8) is 0 Å². The number of rotatable bonds is 4. The third-order valence-electron chi connectivity index (χ3n) is 3.83. The summed E-state index contributed by atoms with van der Waals surface area (Å²) in [6.07, 6.45) is 7.98. The molecule has 3 nitrogen and oxygen atoms in total. The van der Waals surface area contributed by atoms with Crippen molar-refractivity contribution in [1.82, 2.24) is 5.43 Å². The average Bonchev–Trinajstić information content (AvgIpc) is 2.47. The number of ether oxygens (including phenoxy) is 1. The Bertz CT molecular complexity index is 174. The van der Waals surface area contributed by atoms with Gasteiger partial charge in [0.25, 0.3) is 0 Å².